The summed E-state index contributed by atoms with van der Waals surface area (Å²) in [6, 6.07) is 6.77. The second-order valence-electron chi connectivity index (χ2n) is 4.98. The average Bonchev–Trinajstić information content (AvgIpc) is 2.75. The zero-order valence-electron chi connectivity index (χ0n) is 10.8. The maximum atomic E-state index is 11.9. The number of carbonyl (C=O) groups is 2. The highest BCUT2D eigenvalue weighted by atomic mass is 35.5. The summed E-state index contributed by atoms with van der Waals surface area (Å²) in [5, 5.41) is 12.3. The molecule has 1 atom stereocenters. The Morgan fingerprint density at radius 3 is 2.60 bits per heavy atom. The lowest BCUT2D eigenvalue weighted by molar-refractivity contribution is -0.143. The fourth-order valence-corrected chi connectivity index (χ4v) is 2.29. The van der Waals surface area contributed by atoms with E-state index in [-0.39, 0.29) is 19.0 Å². The van der Waals surface area contributed by atoms with Crippen LogP contribution in [-0.2, 0) is 9.59 Å². The minimum absolute atomic E-state index is 0.120. The van der Waals surface area contributed by atoms with Crippen LogP contribution in [0.3, 0.4) is 0 Å². The van der Waals surface area contributed by atoms with Crippen molar-refractivity contribution in [3.63, 3.8) is 0 Å². The third kappa shape index (κ3) is 3.47. The van der Waals surface area contributed by atoms with Crippen LogP contribution in [0.15, 0.2) is 24.3 Å². The zero-order chi connectivity index (χ0) is 14.8. The lowest BCUT2D eigenvalue weighted by atomic mass is 10.0. The highest BCUT2D eigenvalue weighted by Gasteiger charge is 2.41. The van der Waals surface area contributed by atoms with Crippen molar-refractivity contribution < 1.29 is 14.7 Å². The topological polar surface area (TPSA) is 95.7 Å². The minimum atomic E-state index is -1.25. The first-order valence-electron chi connectivity index (χ1n) is 6.19. The van der Waals surface area contributed by atoms with Crippen molar-refractivity contribution in [3.05, 3.63) is 29.3 Å². The Labute approximate surface area is 121 Å². The van der Waals surface area contributed by atoms with Crippen molar-refractivity contribution in [1.29, 1.82) is 0 Å². The molecule has 1 amide bonds. The highest BCUT2D eigenvalue weighted by Crippen LogP contribution is 2.19. The predicted octanol–water partition coefficient (Wildman–Crippen LogP) is 0.766. The van der Waals surface area contributed by atoms with Gasteiger partial charge in [-0.3, -0.25) is 14.5 Å². The van der Waals surface area contributed by atoms with Crippen LogP contribution in [0.1, 0.15) is 6.42 Å². The lowest BCUT2D eigenvalue weighted by Crippen LogP contribution is -2.50. The molecule has 0 bridgehead atoms. The number of anilines is 1. The number of aliphatic carboxylic acids is 1. The number of hydrogen-bond acceptors (Lipinski definition) is 4. The van der Waals surface area contributed by atoms with Crippen molar-refractivity contribution in [1.82, 2.24) is 4.90 Å². The summed E-state index contributed by atoms with van der Waals surface area (Å²) in [5.41, 5.74) is 5.15. The first kappa shape index (κ1) is 14.8. The Bertz CT molecular complexity index is 520. The van der Waals surface area contributed by atoms with E-state index in [9.17, 15) is 9.59 Å². The fourth-order valence-electron chi connectivity index (χ4n) is 2.16. The molecule has 7 heteroatoms. The molecule has 0 aromatic heterocycles. The Kier molecular flexibility index (Phi) is 4.27. The van der Waals surface area contributed by atoms with Gasteiger partial charge in [0.15, 0.2) is 0 Å². The average molecular weight is 298 g/mol. The molecule has 1 aromatic carbocycles. The van der Waals surface area contributed by atoms with Crippen LogP contribution < -0.4 is 11.1 Å². The molecule has 1 heterocycles. The summed E-state index contributed by atoms with van der Waals surface area (Å²) in [7, 11) is 0. The Morgan fingerprint density at radius 2 is 2.05 bits per heavy atom. The minimum Gasteiger partial charge on any atom is -0.480 e. The zero-order valence-corrected chi connectivity index (χ0v) is 11.6. The Morgan fingerprint density at radius 1 is 1.40 bits per heavy atom. The number of carboxylic acid groups (broad SMARTS) is 1. The van der Waals surface area contributed by atoms with Gasteiger partial charge in [-0.15, -0.1) is 0 Å². The summed E-state index contributed by atoms with van der Waals surface area (Å²) in [5.74, 6) is -1.24. The van der Waals surface area contributed by atoms with E-state index >= 15 is 0 Å². The van der Waals surface area contributed by atoms with Gasteiger partial charge in [0.1, 0.15) is 5.54 Å². The molecular weight excluding hydrogens is 282 g/mol. The number of carboxylic acids is 1. The van der Waals surface area contributed by atoms with E-state index in [1.807, 2.05) is 0 Å². The molecular formula is C13H16ClN3O3. The molecule has 1 fully saturated rings. The van der Waals surface area contributed by atoms with Crippen molar-refractivity contribution in [2.24, 2.45) is 5.73 Å². The van der Waals surface area contributed by atoms with E-state index in [4.69, 9.17) is 22.4 Å². The number of carbonyl (C=O) groups excluding carboxylic acids is 1. The summed E-state index contributed by atoms with van der Waals surface area (Å²) < 4.78 is 0. The molecule has 20 heavy (non-hydrogen) atoms. The van der Waals surface area contributed by atoms with Crippen LogP contribution in [0.5, 0.6) is 0 Å². The van der Waals surface area contributed by atoms with E-state index in [0.29, 0.717) is 23.7 Å². The number of likely N-dealkylation sites (tertiary alicyclic amines) is 1. The second-order valence-corrected chi connectivity index (χ2v) is 5.41. The third-order valence-electron chi connectivity index (χ3n) is 3.30. The van der Waals surface area contributed by atoms with Gasteiger partial charge in [0.05, 0.1) is 6.54 Å². The first-order valence-corrected chi connectivity index (χ1v) is 6.57. The van der Waals surface area contributed by atoms with Gasteiger partial charge in [0, 0.05) is 23.8 Å². The largest absolute Gasteiger partial charge is 0.480 e. The van der Waals surface area contributed by atoms with E-state index in [2.05, 4.69) is 5.32 Å². The van der Waals surface area contributed by atoms with Gasteiger partial charge in [0.2, 0.25) is 5.91 Å². The first-order chi connectivity index (χ1) is 9.39. The fraction of sp³-hybridized carbons (Fsp3) is 0.385. The van der Waals surface area contributed by atoms with Crippen molar-refractivity contribution >= 4 is 29.2 Å². The number of nitrogens with two attached hydrogens (primary N) is 1. The van der Waals surface area contributed by atoms with Gasteiger partial charge >= 0.3 is 5.97 Å². The molecule has 6 nitrogen and oxygen atoms in total. The number of rotatable bonds is 4. The maximum Gasteiger partial charge on any atom is 0.325 e. The number of nitrogens with zero attached hydrogens (tertiary/aromatic N) is 1. The van der Waals surface area contributed by atoms with Crippen molar-refractivity contribution in [2.75, 3.05) is 25.0 Å². The molecule has 1 saturated heterocycles. The normalized spacial score (nSPS) is 22.7. The predicted molar refractivity (Wildman–Crippen MR) is 75.7 cm³/mol. The van der Waals surface area contributed by atoms with E-state index < -0.39 is 11.5 Å². The Balaban J connectivity index is 1.87. The van der Waals surface area contributed by atoms with E-state index in [1.54, 1.807) is 29.2 Å². The second kappa shape index (κ2) is 5.78. The van der Waals surface area contributed by atoms with Crippen LogP contribution in [0.4, 0.5) is 5.69 Å². The van der Waals surface area contributed by atoms with Crippen molar-refractivity contribution in [3.8, 4) is 0 Å². The van der Waals surface area contributed by atoms with Crippen LogP contribution in [0.25, 0.3) is 0 Å². The lowest BCUT2D eigenvalue weighted by Gasteiger charge is -2.19. The summed E-state index contributed by atoms with van der Waals surface area (Å²) in [6.07, 6.45) is 0.344. The Hall–Kier alpha value is -1.63. The van der Waals surface area contributed by atoms with Crippen LogP contribution >= 0.6 is 11.6 Å². The van der Waals surface area contributed by atoms with Gasteiger partial charge in [-0.05, 0) is 30.7 Å². The van der Waals surface area contributed by atoms with E-state index in [1.165, 1.54) is 0 Å². The maximum absolute atomic E-state index is 11.9. The molecule has 0 saturated carbocycles. The van der Waals surface area contributed by atoms with Crippen molar-refractivity contribution in [2.45, 2.75) is 12.0 Å². The molecule has 108 valence electrons. The van der Waals surface area contributed by atoms with Crippen LogP contribution in [0.2, 0.25) is 5.02 Å². The number of benzene rings is 1. The number of halogens is 1. The summed E-state index contributed by atoms with van der Waals surface area (Å²) in [4.78, 5) is 24.6. The summed E-state index contributed by atoms with van der Waals surface area (Å²) >= 11 is 5.76. The smallest absolute Gasteiger partial charge is 0.325 e. The number of nitrogens with one attached hydrogen (secondary N) is 1. The third-order valence-corrected chi connectivity index (χ3v) is 3.55. The molecule has 1 aliphatic rings. The molecule has 4 N–H and O–H groups in total. The van der Waals surface area contributed by atoms with Gasteiger partial charge in [-0.1, -0.05) is 11.6 Å². The van der Waals surface area contributed by atoms with Crippen LogP contribution in [0, 0.1) is 0 Å². The highest BCUT2D eigenvalue weighted by molar-refractivity contribution is 6.30. The quantitative estimate of drug-likeness (QED) is 0.763. The molecule has 2 rings (SSSR count). The molecule has 1 aromatic rings. The SMILES string of the molecule is NC1(C(=O)O)CCN(CC(=O)Nc2ccc(Cl)cc2)C1. The molecule has 1 aliphatic heterocycles. The number of amides is 1. The number of hydrogen-bond donors (Lipinski definition) is 3. The summed E-state index contributed by atoms with van der Waals surface area (Å²) in [6.45, 7) is 0.794. The molecule has 1 unspecified atom stereocenters. The van der Waals surface area contributed by atoms with Gasteiger partial charge in [0.25, 0.3) is 0 Å². The van der Waals surface area contributed by atoms with Crippen LogP contribution in [-0.4, -0.2) is 47.1 Å². The van der Waals surface area contributed by atoms with Gasteiger partial charge in [-0.2, -0.15) is 0 Å². The van der Waals surface area contributed by atoms with Gasteiger partial charge < -0.3 is 16.2 Å². The standard InChI is InChI=1S/C13H16ClN3O3/c14-9-1-3-10(4-2-9)16-11(18)7-17-6-5-13(15,8-17)12(19)20/h1-4H,5-8,15H2,(H,16,18)(H,19,20). The molecule has 0 aliphatic carbocycles. The van der Waals surface area contributed by atoms with Gasteiger partial charge in [-0.25, -0.2) is 0 Å². The van der Waals surface area contributed by atoms with E-state index in [0.717, 1.165) is 0 Å². The monoisotopic (exact) mass is 297 g/mol. The molecule has 0 spiro atoms. The molecule has 0 radical (unpaired) electrons.